The van der Waals surface area contributed by atoms with Crippen LogP contribution in [-0.2, 0) is 4.74 Å². The van der Waals surface area contributed by atoms with Gasteiger partial charge in [-0.25, -0.2) is 9.48 Å². The van der Waals surface area contributed by atoms with Gasteiger partial charge in [-0.3, -0.25) is 4.79 Å². The Hall–Kier alpha value is -4.13. The molecule has 2 aromatic heterocycles. The Morgan fingerprint density at radius 3 is 2.40 bits per heavy atom. The van der Waals surface area contributed by atoms with Crippen LogP contribution < -0.4 is 5.43 Å². The van der Waals surface area contributed by atoms with Crippen molar-refractivity contribution in [1.82, 2.24) is 14.8 Å². The third-order valence-corrected chi connectivity index (χ3v) is 4.56. The number of carbonyl (C=O) groups excluding carboxylic acids is 1. The van der Waals surface area contributed by atoms with Crippen molar-refractivity contribution in [3.63, 3.8) is 0 Å². The van der Waals surface area contributed by atoms with Crippen molar-refractivity contribution < 1.29 is 14.6 Å². The van der Waals surface area contributed by atoms with Gasteiger partial charge in [0.05, 0.1) is 18.0 Å². The molecule has 2 aromatic carbocycles. The topological polar surface area (TPSA) is 97.2 Å². The normalized spacial score (nSPS) is 10.7. The van der Waals surface area contributed by atoms with Crippen LogP contribution in [0.2, 0.25) is 0 Å². The number of hydrogen-bond acceptors (Lipinski definition) is 5. The van der Waals surface area contributed by atoms with Gasteiger partial charge >= 0.3 is 5.97 Å². The number of nitrogens with one attached hydrogen (secondary N) is 1. The maximum absolute atomic E-state index is 13.0. The van der Waals surface area contributed by atoms with Crippen molar-refractivity contribution in [2.75, 3.05) is 6.61 Å². The fourth-order valence-corrected chi connectivity index (χ4v) is 3.22. The van der Waals surface area contributed by atoms with Crippen LogP contribution in [0.15, 0.2) is 77.7 Å². The molecule has 0 radical (unpaired) electrons. The number of aromatic nitrogens is 3. The molecule has 0 amide bonds. The molecular formula is C23H19N3O4. The first kappa shape index (κ1) is 19.2. The molecule has 0 saturated heterocycles. The van der Waals surface area contributed by atoms with Gasteiger partial charge in [-0.05, 0) is 19.1 Å². The van der Waals surface area contributed by atoms with Gasteiger partial charge in [0.15, 0.2) is 5.75 Å². The Morgan fingerprint density at radius 2 is 1.77 bits per heavy atom. The van der Waals surface area contributed by atoms with E-state index in [1.54, 1.807) is 11.6 Å². The highest BCUT2D eigenvalue weighted by atomic mass is 16.5. The number of esters is 1. The molecule has 2 N–H and O–H groups in total. The number of hydrogen-bond donors (Lipinski definition) is 2. The highest BCUT2D eigenvalue weighted by molar-refractivity contribution is 6.02. The highest BCUT2D eigenvalue weighted by Gasteiger charge is 2.28. The van der Waals surface area contributed by atoms with Crippen LogP contribution in [-0.4, -0.2) is 32.4 Å². The second-order valence-electron chi connectivity index (χ2n) is 6.50. The van der Waals surface area contributed by atoms with Crippen LogP contribution in [0.3, 0.4) is 0 Å². The van der Waals surface area contributed by atoms with Crippen molar-refractivity contribution >= 4 is 5.97 Å². The minimum atomic E-state index is -0.569. The lowest BCUT2D eigenvalue weighted by Crippen LogP contribution is -2.10. The van der Waals surface area contributed by atoms with Gasteiger partial charge in [-0.1, -0.05) is 48.5 Å². The summed E-state index contributed by atoms with van der Waals surface area (Å²) in [5.74, 6) is -0.965. The van der Waals surface area contributed by atoms with Gasteiger partial charge in [0.1, 0.15) is 17.0 Å². The quantitative estimate of drug-likeness (QED) is 0.496. The first-order valence-electron chi connectivity index (χ1n) is 9.43. The first-order valence-corrected chi connectivity index (χ1v) is 9.43. The van der Waals surface area contributed by atoms with Crippen LogP contribution in [0.1, 0.15) is 17.3 Å². The fourth-order valence-electron chi connectivity index (χ4n) is 3.22. The molecule has 0 aliphatic carbocycles. The molecule has 0 fully saturated rings. The molecule has 0 aliphatic heterocycles. The van der Waals surface area contributed by atoms with Crippen LogP contribution in [0.5, 0.6) is 5.75 Å². The molecule has 0 aliphatic rings. The lowest BCUT2D eigenvalue weighted by atomic mass is 10.0. The number of para-hydroxylation sites is 1. The smallest absolute Gasteiger partial charge is 0.342 e. The van der Waals surface area contributed by atoms with Gasteiger partial charge < -0.3 is 14.8 Å². The van der Waals surface area contributed by atoms with Crippen molar-refractivity contribution in [1.29, 1.82) is 0 Å². The number of aromatic amines is 1. The van der Waals surface area contributed by atoms with Crippen LogP contribution in [0.25, 0.3) is 28.3 Å². The molecule has 0 saturated carbocycles. The van der Waals surface area contributed by atoms with E-state index in [0.29, 0.717) is 22.8 Å². The second-order valence-corrected chi connectivity index (χ2v) is 6.50. The average molecular weight is 401 g/mol. The summed E-state index contributed by atoms with van der Waals surface area (Å²) in [6.07, 6.45) is 1.19. The molecule has 0 unspecified atom stereocenters. The van der Waals surface area contributed by atoms with E-state index >= 15 is 0 Å². The summed E-state index contributed by atoms with van der Waals surface area (Å²) in [5.41, 5.74) is 2.23. The molecule has 150 valence electrons. The molecule has 2 heterocycles. The Labute approximate surface area is 172 Å². The number of nitrogens with zero attached hydrogens (tertiary/aromatic N) is 2. The molecule has 30 heavy (non-hydrogen) atoms. The minimum absolute atomic E-state index is 0.190. The number of ether oxygens (including phenoxy) is 1. The van der Waals surface area contributed by atoms with Gasteiger partial charge in [0.25, 0.3) is 0 Å². The van der Waals surface area contributed by atoms with Crippen LogP contribution >= 0.6 is 0 Å². The zero-order valence-corrected chi connectivity index (χ0v) is 16.2. The molecule has 4 aromatic rings. The van der Waals surface area contributed by atoms with E-state index in [-0.39, 0.29) is 12.2 Å². The third-order valence-electron chi connectivity index (χ3n) is 4.56. The van der Waals surface area contributed by atoms with Crippen LogP contribution in [0, 0.1) is 0 Å². The van der Waals surface area contributed by atoms with E-state index in [1.807, 2.05) is 60.7 Å². The SMILES string of the molecule is CCOC(=O)c1c(-c2ccccc2)nn(-c2ccccc2)c1-c1cc(=O)c(O)c[nH]1. The van der Waals surface area contributed by atoms with Gasteiger partial charge in [-0.15, -0.1) is 0 Å². The van der Waals surface area contributed by atoms with E-state index in [4.69, 9.17) is 9.84 Å². The number of carbonyl (C=O) groups is 1. The van der Waals surface area contributed by atoms with E-state index in [9.17, 15) is 14.7 Å². The Morgan fingerprint density at radius 1 is 1.10 bits per heavy atom. The van der Waals surface area contributed by atoms with Crippen LogP contribution in [0.4, 0.5) is 0 Å². The highest BCUT2D eigenvalue weighted by Crippen LogP contribution is 2.34. The molecule has 7 heteroatoms. The van der Waals surface area contributed by atoms with E-state index in [0.717, 1.165) is 5.56 Å². The lowest BCUT2D eigenvalue weighted by Gasteiger charge is -2.10. The molecule has 0 spiro atoms. The van der Waals surface area contributed by atoms with E-state index in [2.05, 4.69) is 4.98 Å². The predicted octanol–water partition coefficient (Wildman–Crippen LogP) is 3.78. The molecule has 4 rings (SSSR count). The van der Waals surface area contributed by atoms with Crippen molar-refractivity contribution in [2.45, 2.75) is 6.92 Å². The summed E-state index contributed by atoms with van der Waals surface area (Å²) in [5, 5.41) is 14.4. The monoisotopic (exact) mass is 401 g/mol. The van der Waals surface area contributed by atoms with Gasteiger partial charge in [0, 0.05) is 17.8 Å². The number of H-pyrrole nitrogens is 1. The molecular weight excluding hydrogens is 382 g/mol. The maximum atomic E-state index is 13.0. The standard InChI is InChI=1S/C23H19N3O4/c1-2-30-23(29)20-21(15-9-5-3-6-10-15)25-26(16-11-7-4-8-12-16)22(20)17-13-18(27)19(28)14-24-17/h3-14,28H,2H2,1H3,(H,24,27). The zero-order chi connectivity index (χ0) is 21.1. The molecule has 0 bridgehead atoms. The van der Waals surface area contributed by atoms with Crippen molar-refractivity contribution in [3.8, 4) is 34.1 Å². The zero-order valence-electron chi connectivity index (χ0n) is 16.2. The lowest BCUT2D eigenvalue weighted by molar-refractivity contribution is 0.0528. The Kier molecular flexibility index (Phi) is 5.17. The first-order chi connectivity index (χ1) is 14.6. The summed E-state index contributed by atoms with van der Waals surface area (Å²) in [6.45, 7) is 1.92. The van der Waals surface area contributed by atoms with E-state index < -0.39 is 17.1 Å². The largest absolute Gasteiger partial charge is 0.503 e. The summed E-state index contributed by atoms with van der Waals surface area (Å²) in [4.78, 5) is 28.0. The number of benzene rings is 2. The second kappa shape index (κ2) is 8.08. The Balaban J connectivity index is 2.08. The summed E-state index contributed by atoms with van der Waals surface area (Å²) >= 11 is 0. The summed E-state index contributed by atoms with van der Waals surface area (Å²) in [7, 11) is 0. The number of aromatic hydroxyl groups is 1. The van der Waals surface area contributed by atoms with Crippen molar-refractivity contribution in [2.24, 2.45) is 0 Å². The summed E-state index contributed by atoms with van der Waals surface area (Å²) in [6, 6.07) is 19.8. The minimum Gasteiger partial charge on any atom is -0.503 e. The predicted molar refractivity (Wildman–Crippen MR) is 113 cm³/mol. The fraction of sp³-hybridized carbons (Fsp3) is 0.0870. The van der Waals surface area contributed by atoms with Crippen molar-refractivity contribution in [3.05, 3.63) is 88.7 Å². The Bertz CT molecular complexity index is 1240. The molecule has 0 atom stereocenters. The molecule has 7 nitrogen and oxygen atoms in total. The number of pyridine rings is 1. The maximum Gasteiger partial charge on any atom is 0.342 e. The van der Waals surface area contributed by atoms with Gasteiger partial charge in [0.2, 0.25) is 5.43 Å². The summed E-state index contributed by atoms with van der Waals surface area (Å²) < 4.78 is 6.92. The van der Waals surface area contributed by atoms with Gasteiger partial charge in [-0.2, -0.15) is 5.10 Å². The third kappa shape index (κ3) is 3.48. The van der Waals surface area contributed by atoms with E-state index in [1.165, 1.54) is 12.3 Å². The average Bonchev–Trinajstić information content (AvgIpc) is 3.18. The number of rotatable bonds is 5.